The van der Waals surface area contributed by atoms with Gasteiger partial charge in [-0.25, -0.2) is 4.98 Å². The zero-order valence-electron chi connectivity index (χ0n) is 9.51. The number of hydrogen-bond acceptors (Lipinski definition) is 1. The maximum atomic E-state index is 6.20. The fourth-order valence-electron chi connectivity index (χ4n) is 1.65. The third-order valence-electron chi connectivity index (χ3n) is 2.54. The average Bonchev–Trinajstić information content (AvgIpc) is 2.16. The molecule has 0 spiro atoms. The van der Waals surface area contributed by atoms with Gasteiger partial charge in [0.15, 0.2) is 0 Å². The van der Waals surface area contributed by atoms with E-state index in [2.05, 4.69) is 53.8 Å². The zero-order chi connectivity index (χ0) is 11.9. The molecule has 0 saturated carbocycles. The van der Waals surface area contributed by atoms with E-state index in [1.54, 1.807) is 0 Å². The van der Waals surface area contributed by atoms with Crippen molar-refractivity contribution in [3.05, 3.63) is 39.5 Å². The Balaban J connectivity index is 2.74. The van der Waals surface area contributed by atoms with Gasteiger partial charge in [0.1, 0.15) is 5.15 Å². The maximum Gasteiger partial charge on any atom is 0.133 e. The summed E-state index contributed by atoms with van der Waals surface area (Å²) < 4.78 is 1.06. The molecule has 0 N–H and O–H groups in total. The summed E-state index contributed by atoms with van der Waals surface area (Å²) in [5, 5.41) is 1.71. The van der Waals surface area contributed by atoms with E-state index in [1.165, 1.54) is 0 Å². The Morgan fingerprint density at radius 2 is 1.88 bits per heavy atom. The van der Waals surface area contributed by atoms with Crippen LogP contribution in [0.3, 0.4) is 0 Å². The van der Waals surface area contributed by atoms with E-state index in [1.807, 2.05) is 12.1 Å². The molecule has 2 aromatic rings. The maximum absolute atomic E-state index is 6.20. The van der Waals surface area contributed by atoms with Crippen LogP contribution in [-0.4, -0.2) is 4.98 Å². The quantitative estimate of drug-likeness (QED) is 0.627. The Hall–Kier alpha value is -0.600. The van der Waals surface area contributed by atoms with Crippen molar-refractivity contribution in [2.45, 2.75) is 26.2 Å². The molecule has 0 aliphatic carbocycles. The molecule has 2 rings (SSSR count). The molecule has 0 radical (unpaired) electrons. The van der Waals surface area contributed by atoms with Crippen LogP contribution in [0.5, 0.6) is 0 Å². The van der Waals surface area contributed by atoms with Gasteiger partial charge in [-0.3, -0.25) is 0 Å². The third-order valence-corrected chi connectivity index (χ3v) is 3.32. The van der Waals surface area contributed by atoms with Crippen molar-refractivity contribution in [1.29, 1.82) is 0 Å². The van der Waals surface area contributed by atoms with Crippen LogP contribution in [0.15, 0.2) is 28.7 Å². The van der Waals surface area contributed by atoms with Gasteiger partial charge in [-0.1, -0.05) is 48.3 Å². The molecule has 0 atom stereocenters. The second-order valence-corrected chi connectivity index (χ2v) is 6.19. The van der Waals surface area contributed by atoms with E-state index < -0.39 is 0 Å². The standard InChI is InChI=1S/C13H13BrClN/c1-13(2,3)10-7-8-6-9(14)4-5-11(8)16-12(10)15/h4-7H,1-3H3. The molecule has 1 nitrogen and oxygen atoms in total. The number of pyridine rings is 1. The van der Waals surface area contributed by atoms with Crippen LogP contribution in [0, 0.1) is 0 Å². The van der Waals surface area contributed by atoms with Gasteiger partial charge in [0.25, 0.3) is 0 Å². The van der Waals surface area contributed by atoms with Crippen molar-refractivity contribution < 1.29 is 0 Å². The Kier molecular flexibility index (Phi) is 2.97. The van der Waals surface area contributed by atoms with E-state index in [0.717, 1.165) is 20.9 Å². The molecule has 0 saturated heterocycles. The van der Waals surface area contributed by atoms with Crippen LogP contribution in [0.1, 0.15) is 26.3 Å². The molecule has 16 heavy (non-hydrogen) atoms. The lowest BCUT2D eigenvalue weighted by Crippen LogP contribution is -2.12. The molecular weight excluding hydrogens is 286 g/mol. The van der Waals surface area contributed by atoms with Gasteiger partial charge in [0, 0.05) is 9.86 Å². The summed E-state index contributed by atoms with van der Waals surface area (Å²) in [6.45, 7) is 6.42. The van der Waals surface area contributed by atoms with Gasteiger partial charge in [-0.2, -0.15) is 0 Å². The molecular formula is C13H13BrClN. The van der Waals surface area contributed by atoms with Gasteiger partial charge in [-0.05, 0) is 35.2 Å². The third kappa shape index (κ3) is 2.23. The number of halogens is 2. The number of benzene rings is 1. The van der Waals surface area contributed by atoms with Gasteiger partial charge >= 0.3 is 0 Å². The summed E-state index contributed by atoms with van der Waals surface area (Å²) in [7, 11) is 0. The topological polar surface area (TPSA) is 12.9 Å². The second-order valence-electron chi connectivity index (χ2n) is 4.91. The first kappa shape index (κ1) is 11.9. The van der Waals surface area contributed by atoms with Crippen molar-refractivity contribution in [1.82, 2.24) is 4.98 Å². The highest BCUT2D eigenvalue weighted by Gasteiger charge is 2.18. The van der Waals surface area contributed by atoms with Crippen molar-refractivity contribution in [3.63, 3.8) is 0 Å². The predicted octanol–water partition coefficient (Wildman–Crippen LogP) is 4.95. The zero-order valence-corrected chi connectivity index (χ0v) is 11.9. The molecule has 0 aliphatic heterocycles. The van der Waals surface area contributed by atoms with Crippen molar-refractivity contribution in [2.24, 2.45) is 0 Å². The summed E-state index contributed by atoms with van der Waals surface area (Å²) in [6, 6.07) is 8.13. The first-order chi connectivity index (χ1) is 7.38. The largest absolute Gasteiger partial charge is 0.236 e. The molecule has 3 heteroatoms. The number of nitrogens with zero attached hydrogens (tertiary/aromatic N) is 1. The van der Waals surface area contributed by atoms with E-state index in [9.17, 15) is 0 Å². The summed E-state index contributed by atoms with van der Waals surface area (Å²) in [5.74, 6) is 0. The van der Waals surface area contributed by atoms with Crippen LogP contribution >= 0.6 is 27.5 Å². The van der Waals surface area contributed by atoms with Gasteiger partial charge in [0.05, 0.1) is 5.52 Å². The molecule has 1 aromatic carbocycles. The monoisotopic (exact) mass is 297 g/mol. The highest BCUT2D eigenvalue weighted by molar-refractivity contribution is 9.10. The summed E-state index contributed by atoms with van der Waals surface area (Å²) in [6.07, 6.45) is 0. The molecule has 0 amide bonds. The molecule has 0 bridgehead atoms. The van der Waals surface area contributed by atoms with Crippen LogP contribution < -0.4 is 0 Å². The normalized spacial score (nSPS) is 12.1. The van der Waals surface area contributed by atoms with Crippen molar-refractivity contribution in [2.75, 3.05) is 0 Å². The fraction of sp³-hybridized carbons (Fsp3) is 0.308. The summed E-state index contributed by atoms with van der Waals surface area (Å²) >= 11 is 9.67. The molecule has 1 heterocycles. The lowest BCUT2D eigenvalue weighted by molar-refractivity contribution is 0.589. The van der Waals surface area contributed by atoms with Gasteiger partial charge < -0.3 is 0 Å². The average molecular weight is 299 g/mol. The Morgan fingerprint density at radius 1 is 1.19 bits per heavy atom. The SMILES string of the molecule is CC(C)(C)c1cc2cc(Br)ccc2nc1Cl. The van der Waals surface area contributed by atoms with Crippen LogP contribution in [0.25, 0.3) is 10.9 Å². The molecule has 0 aliphatic rings. The second kappa shape index (κ2) is 4.01. The first-order valence-corrected chi connectivity index (χ1v) is 6.31. The van der Waals surface area contributed by atoms with Gasteiger partial charge in [0.2, 0.25) is 0 Å². The molecule has 0 unspecified atom stereocenters. The smallest absolute Gasteiger partial charge is 0.133 e. The lowest BCUT2D eigenvalue weighted by Gasteiger charge is -2.20. The van der Waals surface area contributed by atoms with E-state index in [4.69, 9.17) is 11.6 Å². The molecule has 0 fully saturated rings. The van der Waals surface area contributed by atoms with E-state index in [0.29, 0.717) is 5.15 Å². The number of rotatable bonds is 0. The summed E-state index contributed by atoms with van der Waals surface area (Å²) in [4.78, 5) is 4.43. The lowest BCUT2D eigenvalue weighted by atomic mass is 9.87. The highest BCUT2D eigenvalue weighted by Crippen LogP contribution is 2.31. The predicted molar refractivity (Wildman–Crippen MR) is 73.2 cm³/mol. The summed E-state index contributed by atoms with van der Waals surface area (Å²) in [5.41, 5.74) is 2.03. The number of fused-ring (bicyclic) bond motifs is 1. The van der Waals surface area contributed by atoms with Crippen LogP contribution in [0.4, 0.5) is 0 Å². The minimum Gasteiger partial charge on any atom is -0.236 e. The first-order valence-electron chi connectivity index (χ1n) is 5.14. The molecule has 84 valence electrons. The van der Waals surface area contributed by atoms with Crippen molar-refractivity contribution >= 4 is 38.4 Å². The Morgan fingerprint density at radius 3 is 2.50 bits per heavy atom. The van der Waals surface area contributed by atoms with E-state index in [-0.39, 0.29) is 5.41 Å². The minimum atomic E-state index is 0.0145. The van der Waals surface area contributed by atoms with Crippen molar-refractivity contribution in [3.8, 4) is 0 Å². The Labute approximate surface area is 109 Å². The fourth-order valence-corrected chi connectivity index (χ4v) is 2.46. The van der Waals surface area contributed by atoms with Crippen LogP contribution in [-0.2, 0) is 5.41 Å². The van der Waals surface area contributed by atoms with Gasteiger partial charge in [-0.15, -0.1) is 0 Å². The van der Waals surface area contributed by atoms with Crippen LogP contribution in [0.2, 0.25) is 5.15 Å². The number of hydrogen-bond donors (Lipinski definition) is 0. The van der Waals surface area contributed by atoms with E-state index >= 15 is 0 Å². The molecule has 1 aromatic heterocycles. The Bertz CT molecular complexity index is 543. The number of aromatic nitrogens is 1. The minimum absolute atomic E-state index is 0.0145. The highest BCUT2D eigenvalue weighted by atomic mass is 79.9.